The Kier molecular flexibility index (Phi) is 7.86. The molecule has 1 aliphatic heterocycles. The van der Waals surface area contributed by atoms with Gasteiger partial charge in [0.15, 0.2) is 20.5 Å². The van der Waals surface area contributed by atoms with Crippen molar-refractivity contribution in [3.05, 3.63) is 82.1 Å². The average Bonchev–Trinajstić information content (AvgIpc) is 2.96. The van der Waals surface area contributed by atoms with E-state index in [2.05, 4.69) is 16.5 Å². The number of sulfone groups is 1. The van der Waals surface area contributed by atoms with Crippen LogP contribution in [0.1, 0.15) is 19.4 Å². The number of nitrogens with zero attached hydrogens (tertiary/aromatic N) is 6. The Morgan fingerprint density at radius 2 is 1.95 bits per heavy atom. The number of aromatic nitrogens is 4. The number of aryl methyl sites for hydroxylation is 1. The third-order valence-corrected chi connectivity index (χ3v) is 8.54. The van der Waals surface area contributed by atoms with Gasteiger partial charge in [-0.3, -0.25) is 4.79 Å². The van der Waals surface area contributed by atoms with Crippen LogP contribution in [0.3, 0.4) is 0 Å². The molecule has 218 valence electrons. The molecule has 0 saturated carbocycles. The van der Waals surface area contributed by atoms with Gasteiger partial charge in [-0.05, 0) is 49.2 Å². The normalized spacial score (nSPS) is 15.7. The van der Waals surface area contributed by atoms with Crippen LogP contribution in [-0.2, 0) is 21.1 Å². The fraction of sp³-hybridized carbons (Fsp3) is 0.276. The van der Waals surface area contributed by atoms with Crippen molar-refractivity contribution in [1.29, 1.82) is 0 Å². The third-order valence-electron chi connectivity index (χ3n) is 7.25. The van der Waals surface area contributed by atoms with Crippen molar-refractivity contribution >= 4 is 44.2 Å². The number of piperazine rings is 1. The molecule has 1 amide bonds. The molecular weight excluding hydrogens is 583 g/mol. The van der Waals surface area contributed by atoms with Crippen LogP contribution >= 0.6 is 11.6 Å². The quantitative estimate of drug-likeness (QED) is 0.302. The van der Waals surface area contributed by atoms with Gasteiger partial charge in [-0.2, -0.15) is 4.98 Å². The number of hydrogen-bond donors (Lipinski definition) is 0. The van der Waals surface area contributed by atoms with Crippen LogP contribution in [0.2, 0.25) is 5.02 Å². The standard InChI is InChI=1S/C29H28ClFN6O4S/c1-5-18-11-12-32-28(42(4,40)41)25(18)37-27-20(15-21(30)24(33-27)19-9-7-8-10-22(19)31)26(34-29(37)39)36-14-13-35(16-17(36)3)23(38)6-2/h6-12,15,17H,2,5,13-14,16H2,1,3-4H3/t17-/m0/s1. The summed E-state index contributed by atoms with van der Waals surface area (Å²) in [6.07, 6.45) is 4.01. The number of carbonyl (C=O) groups excluding carboxylic acids is 1. The van der Waals surface area contributed by atoms with Crippen molar-refractivity contribution in [2.75, 3.05) is 30.8 Å². The number of benzene rings is 1. The van der Waals surface area contributed by atoms with Gasteiger partial charge in [0.1, 0.15) is 11.6 Å². The zero-order valence-corrected chi connectivity index (χ0v) is 24.8. The summed E-state index contributed by atoms with van der Waals surface area (Å²) >= 11 is 6.71. The van der Waals surface area contributed by atoms with Crippen molar-refractivity contribution in [3.63, 3.8) is 0 Å². The first kappa shape index (κ1) is 29.3. The lowest BCUT2D eigenvalue weighted by atomic mass is 10.1. The van der Waals surface area contributed by atoms with Crippen LogP contribution in [0.15, 0.2) is 65.1 Å². The summed E-state index contributed by atoms with van der Waals surface area (Å²) in [5.74, 6) is -0.508. The van der Waals surface area contributed by atoms with Crippen molar-refractivity contribution in [3.8, 4) is 16.9 Å². The molecule has 5 rings (SSSR count). The Bertz CT molecular complexity index is 1910. The lowest BCUT2D eigenvalue weighted by Crippen LogP contribution is -2.54. The van der Waals surface area contributed by atoms with Crippen molar-refractivity contribution in [2.45, 2.75) is 31.3 Å². The number of pyridine rings is 2. The summed E-state index contributed by atoms with van der Waals surface area (Å²) < 4.78 is 41.8. The Hall–Kier alpha value is -4.16. The van der Waals surface area contributed by atoms with E-state index in [4.69, 9.17) is 16.6 Å². The molecule has 1 saturated heterocycles. The highest BCUT2D eigenvalue weighted by Gasteiger charge is 2.31. The number of carbonyl (C=O) groups is 1. The average molecular weight is 611 g/mol. The highest BCUT2D eigenvalue weighted by molar-refractivity contribution is 7.90. The number of fused-ring (bicyclic) bond motifs is 1. The van der Waals surface area contributed by atoms with Crippen molar-refractivity contribution < 1.29 is 17.6 Å². The van der Waals surface area contributed by atoms with Crippen LogP contribution in [0, 0.1) is 5.82 Å². The third kappa shape index (κ3) is 5.16. The van der Waals surface area contributed by atoms with Gasteiger partial charge in [0.2, 0.25) is 5.91 Å². The Labute approximate surface area is 247 Å². The minimum absolute atomic E-state index is 0.0281. The Morgan fingerprint density at radius 3 is 2.60 bits per heavy atom. The lowest BCUT2D eigenvalue weighted by Gasteiger charge is -2.40. The molecular formula is C29H28ClFN6O4S. The zero-order chi connectivity index (χ0) is 30.3. The zero-order valence-electron chi connectivity index (χ0n) is 23.2. The lowest BCUT2D eigenvalue weighted by molar-refractivity contribution is -0.126. The molecule has 4 heterocycles. The van der Waals surface area contributed by atoms with Gasteiger partial charge in [-0.1, -0.05) is 37.2 Å². The van der Waals surface area contributed by atoms with Gasteiger partial charge in [0, 0.05) is 43.7 Å². The molecule has 1 aromatic carbocycles. The smallest absolute Gasteiger partial charge is 0.350 e. The number of hydrogen-bond acceptors (Lipinski definition) is 8. The minimum atomic E-state index is -3.90. The van der Waals surface area contributed by atoms with Gasteiger partial charge < -0.3 is 9.80 Å². The second-order valence-corrected chi connectivity index (χ2v) is 12.3. The van der Waals surface area contributed by atoms with Gasteiger partial charge in [-0.15, -0.1) is 0 Å². The van der Waals surface area contributed by atoms with E-state index in [9.17, 15) is 22.4 Å². The maximum absolute atomic E-state index is 14.9. The predicted molar refractivity (Wildman–Crippen MR) is 159 cm³/mol. The maximum atomic E-state index is 14.9. The molecule has 1 atom stereocenters. The molecule has 0 spiro atoms. The topological polar surface area (TPSA) is 118 Å². The van der Waals surface area contributed by atoms with E-state index in [1.54, 1.807) is 23.1 Å². The Morgan fingerprint density at radius 1 is 1.21 bits per heavy atom. The van der Waals surface area contributed by atoms with Gasteiger partial charge in [-0.25, -0.2) is 32.1 Å². The summed E-state index contributed by atoms with van der Waals surface area (Å²) in [5, 5.41) is 0.147. The summed E-state index contributed by atoms with van der Waals surface area (Å²) in [5.41, 5.74) is -0.0205. The van der Waals surface area contributed by atoms with Crippen LogP contribution in [0.25, 0.3) is 28.0 Å². The highest BCUT2D eigenvalue weighted by Crippen LogP contribution is 2.36. The first-order valence-electron chi connectivity index (χ1n) is 13.2. The SMILES string of the molecule is C=CC(=O)N1CCN(c2nc(=O)n(-c3c(CC)ccnc3S(C)(=O)=O)c3nc(-c4ccccc4F)c(Cl)cc23)[C@@H](C)C1. The van der Waals surface area contributed by atoms with Gasteiger partial charge >= 0.3 is 5.69 Å². The summed E-state index contributed by atoms with van der Waals surface area (Å²) in [4.78, 5) is 43.0. The molecule has 3 aromatic heterocycles. The number of amides is 1. The molecule has 1 aliphatic rings. The summed E-state index contributed by atoms with van der Waals surface area (Å²) in [6, 6.07) is 8.88. The molecule has 0 aliphatic carbocycles. The molecule has 4 aromatic rings. The van der Waals surface area contributed by atoms with Crippen LogP contribution in [0.5, 0.6) is 0 Å². The molecule has 13 heteroatoms. The van der Waals surface area contributed by atoms with Crippen molar-refractivity contribution in [1.82, 2.24) is 24.4 Å². The first-order valence-corrected chi connectivity index (χ1v) is 15.5. The van der Waals surface area contributed by atoms with E-state index < -0.39 is 21.3 Å². The van der Waals surface area contributed by atoms with E-state index in [0.29, 0.717) is 37.0 Å². The van der Waals surface area contributed by atoms with E-state index in [1.807, 2.05) is 18.7 Å². The number of rotatable bonds is 6. The highest BCUT2D eigenvalue weighted by atomic mass is 35.5. The fourth-order valence-electron chi connectivity index (χ4n) is 5.24. The molecule has 0 unspecified atom stereocenters. The van der Waals surface area contributed by atoms with E-state index in [-0.39, 0.29) is 50.4 Å². The predicted octanol–water partition coefficient (Wildman–Crippen LogP) is 3.82. The second-order valence-electron chi connectivity index (χ2n) is 10.0. The summed E-state index contributed by atoms with van der Waals surface area (Å²) in [7, 11) is -3.90. The monoisotopic (exact) mass is 610 g/mol. The van der Waals surface area contributed by atoms with E-state index >= 15 is 0 Å². The molecule has 10 nitrogen and oxygen atoms in total. The van der Waals surface area contributed by atoms with E-state index in [0.717, 1.165) is 10.8 Å². The largest absolute Gasteiger partial charge is 0.355 e. The Balaban J connectivity index is 1.86. The van der Waals surface area contributed by atoms with Crippen LogP contribution in [-0.4, -0.2) is 70.7 Å². The van der Waals surface area contributed by atoms with Crippen LogP contribution < -0.4 is 10.6 Å². The van der Waals surface area contributed by atoms with Crippen LogP contribution in [0.4, 0.5) is 10.2 Å². The van der Waals surface area contributed by atoms with E-state index in [1.165, 1.54) is 30.5 Å². The second kappa shape index (κ2) is 11.3. The van der Waals surface area contributed by atoms with Gasteiger partial charge in [0.05, 0.1) is 21.8 Å². The minimum Gasteiger partial charge on any atom is -0.350 e. The number of halogens is 2. The molecule has 0 N–H and O–H groups in total. The molecule has 0 radical (unpaired) electrons. The first-order chi connectivity index (χ1) is 20.0. The molecule has 42 heavy (non-hydrogen) atoms. The number of anilines is 1. The fourth-order valence-corrected chi connectivity index (χ4v) is 6.32. The molecule has 1 fully saturated rings. The van der Waals surface area contributed by atoms with Crippen molar-refractivity contribution in [2.24, 2.45) is 0 Å². The summed E-state index contributed by atoms with van der Waals surface area (Å²) in [6.45, 7) is 8.33. The molecule has 0 bridgehead atoms. The maximum Gasteiger partial charge on any atom is 0.355 e. The van der Waals surface area contributed by atoms with Gasteiger partial charge in [0.25, 0.3) is 0 Å².